The van der Waals surface area contributed by atoms with E-state index in [9.17, 15) is 20.1 Å². The van der Waals surface area contributed by atoms with Gasteiger partial charge in [-0.3, -0.25) is 4.79 Å². The number of carbonyl (C=O) groups excluding carboxylic acids is 1. The van der Waals surface area contributed by atoms with Crippen LogP contribution in [-0.2, 0) is 19.0 Å². The monoisotopic (exact) mass is 321 g/mol. The molecule has 8 heteroatoms. The van der Waals surface area contributed by atoms with Gasteiger partial charge in [0.2, 0.25) is 5.91 Å². The standard InChI is InChI=1S/C14H27NO7/c1-3-20-6-7-21-5-4-10-12(15-9(2)17)14(19)13(18)11(8-16)22-10/h10-14,16,18-19H,3-8H2,1-2H3,(H,15,17)/t10-,11+,12+,13+,14+/m0/s1. The third-order valence-corrected chi connectivity index (χ3v) is 3.52. The highest BCUT2D eigenvalue weighted by Gasteiger charge is 2.44. The Bertz CT molecular complexity index is 328. The van der Waals surface area contributed by atoms with E-state index in [-0.39, 0.29) is 5.91 Å². The largest absolute Gasteiger partial charge is 0.394 e. The lowest BCUT2D eigenvalue weighted by Crippen LogP contribution is -2.64. The summed E-state index contributed by atoms with van der Waals surface area (Å²) < 4.78 is 16.1. The van der Waals surface area contributed by atoms with Crippen molar-refractivity contribution in [3.8, 4) is 0 Å². The molecule has 1 aliphatic heterocycles. The third kappa shape index (κ3) is 5.79. The predicted molar refractivity (Wildman–Crippen MR) is 77.3 cm³/mol. The molecule has 0 spiro atoms. The molecule has 1 rings (SSSR count). The second kappa shape index (κ2) is 10.1. The lowest BCUT2D eigenvalue weighted by Gasteiger charge is -2.42. The van der Waals surface area contributed by atoms with Crippen LogP contribution < -0.4 is 5.32 Å². The molecule has 0 aromatic rings. The van der Waals surface area contributed by atoms with Gasteiger partial charge in [-0.2, -0.15) is 0 Å². The van der Waals surface area contributed by atoms with Crippen LogP contribution in [-0.4, -0.2) is 84.7 Å². The van der Waals surface area contributed by atoms with E-state index in [1.807, 2.05) is 6.92 Å². The van der Waals surface area contributed by atoms with Crippen molar-refractivity contribution >= 4 is 5.91 Å². The second-order valence-electron chi connectivity index (χ2n) is 5.20. The lowest BCUT2D eigenvalue weighted by atomic mass is 9.91. The first kappa shape index (κ1) is 19.3. The van der Waals surface area contributed by atoms with Crippen LogP contribution in [0.3, 0.4) is 0 Å². The second-order valence-corrected chi connectivity index (χ2v) is 5.20. The summed E-state index contributed by atoms with van der Waals surface area (Å²) in [5.74, 6) is -0.329. The molecule has 1 fully saturated rings. The fourth-order valence-electron chi connectivity index (χ4n) is 2.42. The van der Waals surface area contributed by atoms with Crippen LogP contribution in [0.5, 0.6) is 0 Å². The fraction of sp³-hybridized carbons (Fsp3) is 0.929. The minimum absolute atomic E-state index is 0.329. The molecule has 8 nitrogen and oxygen atoms in total. The minimum Gasteiger partial charge on any atom is -0.394 e. The molecule has 22 heavy (non-hydrogen) atoms. The zero-order chi connectivity index (χ0) is 16.5. The number of carbonyl (C=O) groups is 1. The first-order chi connectivity index (χ1) is 10.5. The molecule has 4 N–H and O–H groups in total. The molecule has 130 valence electrons. The number of ether oxygens (including phenoxy) is 3. The van der Waals surface area contributed by atoms with Crippen LogP contribution >= 0.6 is 0 Å². The molecule has 0 bridgehead atoms. The van der Waals surface area contributed by atoms with E-state index in [1.165, 1.54) is 6.92 Å². The van der Waals surface area contributed by atoms with Gasteiger partial charge in [-0.1, -0.05) is 0 Å². The molecule has 1 saturated heterocycles. The quantitative estimate of drug-likeness (QED) is 0.378. The van der Waals surface area contributed by atoms with E-state index in [0.29, 0.717) is 32.8 Å². The number of rotatable bonds is 9. The van der Waals surface area contributed by atoms with Crippen LogP contribution in [0.4, 0.5) is 0 Å². The molecule has 1 aliphatic rings. The summed E-state index contributed by atoms with van der Waals surface area (Å²) in [6, 6.07) is -0.745. The minimum atomic E-state index is -1.25. The summed E-state index contributed by atoms with van der Waals surface area (Å²) in [5.41, 5.74) is 0. The molecule has 1 amide bonds. The van der Waals surface area contributed by atoms with Crippen LogP contribution in [0.15, 0.2) is 0 Å². The molecule has 0 unspecified atom stereocenters. The SMILES string of the molecule is CCOCCOCC[C@@H]1O[C@H](CO)[C@@H](O)[C@H](O)[C@@H]1NC(C)=O. The highest BCUT2D eigenvalue weighted by atomic mass is 16.5. The van der Waals surface area contributed by atoms with Crippen LogP contribution in [0, 0.1) is 0 Å². The third-order valence-electron chi connectivity index (χ3n) is 3.52. The first-order valence-electron chi connectivity index (χ1n) is 7.56. The summed E-state index contributed by atoms with van der Waals surface area (Å²) in [6.07, 6.45) is -3.47. The predicted octanol–water partition coefficient (Wildman–Crippen LogP) is -1.58. The molecule has 5 atom stereocenters. The van der Waals surface area contributed by atoms with Gasteiger partial charge in [0.05, 0.1) is 32.0 Å². The number of hydrogen-bond acceptors (Lipinski definition) is 7. The number of hydrogen-bond donors (Lipinski definition) is 4. The first-order valence-corrected chi connectivity index (χ1v) is 7.56. The summed E-state index contributed by atoms with van der Waals surface area (Å²) in [4.78, 5) is 11.3. The van der Waals surface area contributed by atoms with Crippen molar-refractivity contribution in [2.75, 3.05) is 33.0 Å². The highest BCUT2D eigenvalue weighted by molar-refractivity contribution is 5.73. The summed E-state index contributed by atoms with van der Waals surface area (Å²) >= 11 is 0. The Kier molecular flexibility index (Phi) is 8.84. The normalized spacial score (nSPS) is 32.0. The Labute approximate surface area is 130 Å². The molecule has 0 saturated carbocycles. The maximum Gasteiger partial charge on any atom is 0.217 e. The average molecular weight is 321 g/mol. The number of aliphatic hydroxyl groups is 3. The molecule has 1 heterocycles. The van der Waals surface area contributed by atoms with E-state index < -0.39 is 37.1 Å². The van der Waals surface area contributed by atoms with Gasteiger partial charge < -0.3 is 34.8 Å². The van der Waals surface area contributed by atoms with Gasteiger partial charge in [0.15, 0.2) is 0 Å². The molecule has 0 radical (unpaired) electrons. The summed E-state index contributed by atoms with van der Waals surface area (Å²) in [6.45, 7) is 4.74. The van der Waals surface area contributed by atoms with Crippen molar-refractivity contribution in [1.29, 1.82) is 0 Å². The number of amides is 1. The van der Waals surface area contributed by atoms with Crippen molar-refractivity contribution in [2.45, 2.75) is 50.7 Å². The Hall–Kier alpha value is -0.770. The van der Waals surface area contributed by atoms with Crippen LogP contribution in [0.25, 0.3) is 0 Å². The summed E-state index contributed by atoms with van der Waals surface area (Å²) in [7, 11) is 0. The topological polar surface area (TPSA) is 117 Å². The van der Waals surface area contributed by atoms with E-state index in [4.69, 9.17) is 14.2 Å². The highest BCUT2D eigenvalue weighted by Crippen LogP contribution is 2.23. The maximum absolute atomic E-state index is 11.3. The van der Waals surface area contributed by atoms with Crippen LogP contribution in [0.1, 0.15) is 20.3 Å². The van der Waals surface area contributed by atoms with Gasteiger partial charge in [-0.25, -0.2) is 0 Å². The van der Waals surface area contributed by atoms with Gasteiger partial charge >= 0.3 is 0 Å². The molecular formula is C14H27NO7. The number of aliphatic hydroxyl groups excluding tert-OH is 3. The average Bonchev–Trinajstić information content (AvgIpc) is 2.49. The lowest BCUT2D eigenvalue weighted by molar-refractivity contribution is -0.198. The van der Waals surface area contributed by atoms with Gasteiger partial charge in [-0.15, -0.1) is 0 Å². The molecule has 0 aromatic heterocycles. The molecular weight excluding hydrogens is 294 g/mol. The van der Waals surface area contributed by atoms with Crippen molar-refractivity contribution < 1.29 is 34.3 Å². The van der Waals surface area contributed by atoms with Gasteiger partial charge in [0, 0.05) is 20.1 Å². The van der Waals surface area contributed by atoms with Crippen molar-refractivity contribution in [3.05, 3.63) is 0 Å². The fourth-order valence-corrected chi connectivity index (χ4v) is 2.42. The Morgan fingerprint density at radius 2 is 1.82 bits per heavy atom. The van der Waals surface area contributed by atoms with Crippen molar-refractivity contribution in [2.24, 2.45) is 0 Å². The zero-order valence-corrected chi connectivity index (χ0v) is 13.1. The molecule has 0 aromatic carbocycles. The van der Waals surface area contributed by atoms with Crippen LogP contribution in [0.2, 0.25) is 0 Å². The van der Waals surface area contributed by atoms with Crippen molar-refractivity contribution in [1.82, 2.24) is 5.32 Å². The zero-order valence-electron chi connectivity index (χ0n) is 13.1. The molecule has 0 aliphatic carbocycles. The van der Waals surface area contributed by atoms with Gasteiger partial charge in [0.25, 0.3) is 0 Å². The van der Waals surface area contributed by atoms with E-state index >= 15 is 0 Å². The Balaban J connectivity index is 2.52. The maximum atomic E-state index is 11.3. The van der Waals surface area contributed by atoms with E-state index in [1.54, 1.807) is 0 Å². The van der Waals surface area contributed by atoms with Gasteiger partial charge in [0.1, 0.15) is 18.3 Å². The van der Waals surface area contributed by atoms with Crippen molar-refractivity contribution in [3.63, 3.8) is 0 Å². The van der Waals surface area contributed by atoms with Gasteiger partial charge in [-0.05, 0) is 13.3 Å². The number of nitrogens with one attached hydrogen (secondary N) is 1. The van der Waals surface area contributed by atoms with E-state index in [2.05, 4.69) is 5.32 Å². The Morgan fingerprint density at radius 3 is 2.41 bits per heavy atom. The van der Waals surface area contributed by atoms with E-state index in [0.717, 1.165) is 0 Å². The summed E-state index contributed by atoms with van der Waals surface area (Å²) in [5, 5.41) is 31.8. The Morgan fingerprint density at radius 1 is 1.14 bits per heavy atom. The smallest absolute Gasteiger partial charge is 0.217 e.